The highest BCUT2D eigenvalue weighted by atomic mass is 16.5. The number of aliphatic hydroxyl groups is 1. The SMILES string of the molecule is COc1ccc(N2CCN(C)CC2)cc1Nc1nccc(-c2cnc3c(c2)C(C)(CO)CN3)n1. The Morgan fingerprint density at radius 2 is 1.97 bits per heavy atom. The summed E-state index contributed by atoms with van der Waals surface area (Å²) in [5.74, 6) is 2.03. The van der Waals surface area contributed by atoms with E-state index >= 15 is 0 Å². The van der Waals surface area contributed by atoms with Crippen molar-refractivity contribution in [3.05, 3.63) is 48.3 Å². The van der Waals surface area contributed by atoms with Crippen LogP contribution >= 0.6 is 0 Å². The number of nitrogens with one attached hydrogen (secondary N) is 2. The first-order valence-corrected chi connectivity index (χ1v) is 11.6. The summed E-state index contributed by atoms with van der Waals surface area (Å²) in [7, 11) is 3.82. The zero-order chi connectivity index (χ0) is 23.7. The number of benzene rings is 1. The standard InChI is InChI=1S/C25H31N7O2/c1-25(16-33)15-28-23-19(25)12-17(14-27-23)20-6-7-26-24(29-20)30-21-13-18(4-5-22(21)34-3)32-10-8-31(2)9-11-32/h4-7,12-14,33H,8-11,15-16H2,1-3H3,(H,27,28)(H,26,29,30). The summed E-state index contributed by atoms with van der Waals surface area (Å²) in [6, 6.07) is 10.1. The highest BCUT2D eigenvalue weighted by Crippen LogP contribution is 2.37. The molecule has 0 spiro atoms. The third kappa shape index (κ3) is 4.24. The van der Waals surface area contributed by atoms with Gasteiger partial charge in [-0.15, -0.1) is 0 Å². The number of ether oxygens (including phenoxy) is 1. The Labute approximate surface area is 199 Å². The molecule has 2 aliphatic heterocycles. The lowest BCUT2D eigenvalue weighted by Gasteiger charge is -2.34. The van der Waals surface area contributed by atoms with Gasteiger partial charge in [0.2, 0.25) is 5.95 Å². The van der Waals surface area contributed by atoms with Gasteiger partial charge in [0.25, 0.3) is 0 Å². The first-order chi connectivity index (χ1) is 16.5. The zero-order valence-electron chi connectivity index (χ0n) is 19.9. The van der Waals surface area contributed by atoms with E-state index in [2.05, 4.69) is 55.6 Å². The van der Waals surface area contributed by atoms with Crippen LogP contribution in [0.3, 0.4) is 0 Å². The molecule has 1 aromatic carbocycles. The Morgan fingerprint density at radius 3 is 2.74 bits per heavy atom. The van der Waals surface area contributed by atoms with E-state index in [-0.39, 0.29) is 12.0 Å². The minimum Gasteiger partial charge on any atom is -0.495 e. The average molecular weight is 462 g/mol. The van der Waals surface area contributed by atoms with Crippen LogP contribution in [0.2, 0.25) is 0 Å². The minimum absolute atomic E-state index is 0.0537. The van der Waals surface area contributed by atoms with Gasteiger partial charge in [0.1, 0.15) is 11.6 Å². The maximum absolute atomic E-state index is 9.90. The lowest BCUT2D eigenvalue weighted by Crippen LogP contribution is -2.44. The minimum atomic E-state index is -0.358. The maximum Gasteiger partial charge on any atom is 0.227 e. The third-order valence-electron chi connectivity index (χ3n) is 6.78. The molecule has 2 aliphatic rings. The van der Waals surface area contributed by atoms with Gasteiger partial charge in [-0.2, -0.15) is 0 Å². The van der Waals surface area contributed by atoms with Crippen molar-refractivity contribution >= 4 is 23.1 Å². The molecule has 1 atom stereocenters. The molecule has 0 bridgehead atoms. The number of aromatic nitrogens is 3. The van der Waals surface area contributed by atoms with E-state index < -0.39 is 0 Å². The Morgan fingerprint density at radius 1 is 1.15 bits per heavy atom. The Hall–Kier alpha value is -3.43. The van der Waals surface area contributed by atoms with Gasteiger partial charge in [0.05, 0.1) is 25.1 Å². The molecule has 4 heterocycles. The highest BCUT2D eigenvalue weighted by molar-refractivity contribution is 5.71. The van der Waals surface area contributed by atoms with Crippen molar-refractivity contribution in [3.8, 4) is 17.0 Å². The molecule has 2 aromatic heterocycles. The number of nitrogens with zero attached hydrogens (tertiary/aromatic N) is 5. The van der Waals surface area contributed by atoms with E-state index in [4.69, 9.17) is 9.72 Å². The van der Waals surface area contributed by atoms with Gasteiger partial charge in [0, 0.05) is 67.3 Å². The van der Waals surface area contributed by atoms with Gasteiger partial charge < -0.3 is 30.3 Å². The second kappa shape index (κ2) is 9.08. The van der Waals surface area contributed by atoms with Crippen LogP contribution in [0.1, 0.15) is 12.5 Å². The highest BCUT2D eigenvalue weighted by Gasteiger charge is 2.35. The lowest BCUT2D eigenvalue weighted by atomic mass is 9.85. The number of pyridine rings is 1. The molecule has 9 nitrogen and oxygen atoms in total. The number of piperazine rings is 1. The summed E-state index contributed by atoms with van der Waals surface area (Å²) in [4.78, 5) is 18.5. The predicted molar refractivity (Wildman–Crippen MR) is 134 cm³/mol. The normalized spacial score (nSPS) is 20.1. The molecule has 9 heteroatoms. The molecule has 178 valence electrons. The summed E-state index contributed by atoms with van der Waals surface area (Å²) in [6.45, 7) is 6.80. The quantitative estimate of drug-likeness (QED) is 0.512. The van der Waals surface area contributed by atoms with Crippen molar-refractivity contribution in [2.24, 2.45) is 0 Å². The number of methoxy groups -OCH3 is 1. The molecule has 34 heavy (non-hydrogen) atoms. The number of likely N-dealkylation sites (N-methyl/N-ethyl adjacent to an activating group) is 1. The Balaban J connectivity index is 1.42. The molecule has 5 rings (SSSR count). The van der Waals surface area contributed by atoms with Crippen LogP contribution in [0.15, 0.2) is 42.7 Å². The monoisotopic (exact) mass is 461 g/mol. The number of anilines is 4. The number of rotatable bonds is 6. The number of hydrogen-bond acceptors (Lipinski definition) is 9. The molecule has 3 N–H and O–H groups in total. The molecule has 1 fully saturated rings. The topological polar surface area (TPSA) is 98.7 Å². The van der Waals surface area contributed by atoms with Crippen LogP contribution in [-0.2, 0) is 5.41 Å². The van der Waals surface area contributed by atoms with E-state index in [1.165, 1.54) is 0 Å². The van der Waals surface area contributed by atoms with Gasteiger partial charge in [0.15, 0.2) is 0 Å². The van der Waals surface area contributed by atoms with Crippen LogP contribution < -0.4 is 20.3 Å². The van der Waals surface area contributed by atoms with Crippen LogP contribution in [-0.4, -0.2) is 78.4 Å². The lowest BCUT2D eigenvalue weighted by molar-refractivity contribution is 0.218. The van der Waals surface area contributed by atoms with E-state index in [1.807, 2.05) is 19.1 Å². The molecular weight excluding hydrogens is 430 g/mol. The third-order valence-corrected chi connectivity index (χ3v) is 6.78. The van der Waals surface area contributed by atoms with Crippen molar-refractivity contribution in [1.82, 2.24) is 19.9 Å². The molecule has 0 radical (unpaired) electrons. The fraction of sp³-hybridized carbons (Fsp3) is 0.400. The number of hydrogen-bond donors (Lipinski definition) is 3. The average Bonchev–Trinajstić information content (AvgIpc) is 3.21. The van der Waals surface area contributed by atoms with Crippen LogP contribution in [0, 0.1) is 0 Å². The molecule has 3 aromatic rings. The van der Waals surface area contributed by atoms with E-state index in [9.17, 15) is 5.11 Å². The van der Waals surface area contributed by atoms with E-state index in [1.54, 1.807) is 19.5 Å². The summed E-state index contributed by atoms with van der Waals surface area (Å²) in [6.07, 6.45) is 3.54. The molecular formula is C25H31N7O2. The smallest absolute Gasteiger partial charge is 0.227 e. The van der Waals surface area contributed by atoms with E-state index in [0.29, 0.717) is 12.5 Å². The fourth-order valence-corrected chi connectivity index (χ4v) is 4.48. The van der Waals surface area contributed by atoms with Gasteiger partial charge in [-0.3, -0.25) is 0 Å². The predicted octanol–water partition coefficient (Wildman–Crippen LogP) is 2.72. The van der Waals surface area contributed by atoms with Gasteiger partial charge in [-0.05, 0) is 37.4 Å². The second-order valence-electron chi connectivity index (χ2n) is 9.26. The molecule has 0 saturated carbocycles. The second-order valence-corrected chi connectivity index (χ2v) is 9.26. The van der Waals surface area contributed by atoms with Crippen LogP contribution in [0.5, 0.6) is 5.75 Å². The molecule has 0 aliphatic carbocycles. The summed E-state index contributed by atoms with van der Waals surface area (Å²) in [5, 5.41) is 16.5. The fourth-order valence-electron chi connectivity index (χ4n) is 4.48. The Kier molecular flexibility index (Phi) is 5.97. The van der Waals surface area contributed by atoms with Crippen molar-refractivity contribution in [2.45, 2.75) is 12.3 Å². The summed E-state index contributed by atoms with van der Waals surface area (Å²) >= 11 is 0. The van der Waals surface area contributed by atoms with Gasteiger partial charge >= 0.3 is 0 Å². The Bertz CT molecular complexity index is 1180. The summed E-state index contributed by atoms with van der Waals surface area (Å²) in [5.41, 5.74) is 4.25. The number of aliphatic hydroxyl groups excluding tert-OH is 1. The van der Waals surface area contributed by atoms with E-state index in [0.717, 1.165) is 65.9 Å². The maximum atomic E-state index is 9.90. The van der Waals surface area contributed by atoms with Crippen molar-refractivity contribution < 1.29 is 9.84 Å². The van der Waals surface area contributed by atoms with Gasteiger partial charge in [-0.25, -0.2) is 15.0 Å². The van der Waals surface area contributed by atoms with Gasteiger partial charge in [-0.1, -0.05) is 6.92 Å². The van der Waals surface area contributed by atoms with Crippen molar-refractivity contribution in [2.75, 3.05) is 69.0 Å². The molecule has 1 saturated heterocycles. The molecule has 0 amide bonds. The molecule has 1 unspecified atom stereocenters. The summed E-state index contributed by atoms with van der Waals surface area (Å²) < 4.78 is 5.59. The van der Waals surface area contributed by atoms with Crippen molar-refractivity contribution in [3.63, 3.8) is 0 Å². The first-order valence-electron chi connectivity index (χ1n) is 11.6. The van der Waals surface area contributed by atoms with Crippen molar-refractivity contribution in [1.29, 1.82) is 0 Å². The largest absolute Gasteiger partial charge is 0.495 e. The van der Waals surface area contributed by atoms with Crippen LogP contribution in [0.4, 0.5) is 23.1 Å². The first kappa shape index (κ1) is 22.4. The zero-order valence-corrected chi connectivity index (χ0v) is 19.9. The van der Waals surface area contributed by atoms with Crippen LogP contribution in [0.25, 0.3) is 11.3 Å². The number of fused-ring (bicyclic) bond motifs is 1.